The highest BCUT2D eigenvalue weighted by Crippen LogP contribution is 2.21. The van der Waals surface area contributed by atoms with E-state index >= 15 is 0 Å². The quantitative estimate of drug-likeness (QED) is 0.810. The van der Waals surface area contributed by atoms with Gasteiger partial charge in [0.25, 0.3) is 0 Å². The molecule has 0 bridgehead atoms. The number of rotatable bonds is 3. The van der Waals surface area contributed by atoms with Crippen molar-refractivity contribution in [3.05, 3.63) is 29.3 Å². The first-order valence-corrected chi connectivity index (χ1v) is 6.87. The number of hydrogen-bond acceptors (Lipinski definition) is 1. The molecule has 2 nitrogen and oxygen atoms in total. The second-order valence-electron chi connectivity index (χ2n) is 5.83. The number of nitrogens with one attached hydrogen (secondary N) is 2. The summed E-state index contributed by atoms with van der Waals surface area (Å²) in [5.41, 5.74) is 3.90. The van der Waals surface area contributed by atoms with Crippen molar-refractivity contribution in [1.29, 1.82) is 0 Å². The lowest BCUT2D eigenvalue weighted by Gasteiger charge is -2.21. The molecule has 3 heteroatoms. The van der Waals surface area contributed by atoms with Crippen LogP contribution in [0.3, 0.4) is 0 Å². The lowest BCUT2D eigenvalue weighted by molar-refractivity contribution is 0.409. The fourth-order valence-corrected chi connectivity index (χ4v) is 1.88. The molecule has 0 radical (unpaired) electrons. The van der Waals surface area contributed by atoms with Crippen LogP contribution in [0, 0.1) is 12.3 Å². The third-order valence-electron chi connectivity index (χ3n) is 2.76. The van der Waals surface area contributed by atoms with Gasteiger partial charge in [0, 0.05) is 12.2 Å². The van der Waals surface area contributed by atoms with E-state index in [1.807, 2.05) is 0 Å². The fraction of sp³-hybridized carbons (Fsp3) is 0.533. The molecule has 0 aromatic heterocycles. The summed E-state index contributed by atoms with van der Waals surface area (Å²) in [6.45, 7) is 11.7. The molecule has 0 atom stereocenters. The predicted octanol–water partition coefficient (Wildman–Crippen LogP) is 3.89. The topological polar surface area (TPSA) is 24.1 Å². The highest BCUT2D eigenvalue weighted by molar-refractivity contribution is 7.80. The SMILES string of the molecule is CCc1cccc(C)c1NC(=S)NCC(C)(C)C. The van der Waals surface area contributed by atoms with Crippen LogP contribution in [0.4, 0.5) is 5.69 Å². The van der Waals surface area contributed by atoms with E-state index in [1.165, 1.54) is 11.1 Å². The van der Waals surface area contributed by atoms with Crippen LogP contribution in [0.25, 0.3) is 0 Å². The van der Waals surface area contributed by atoms with Crippen molar-refractivity contribution in [2.45, 2.75) is 41.0 Å². The summed E-state index contributed by atoms with van der Waals surface area (Å²) in [5.74, 6) is 0. The van der Waals surface area contributed by atoms with Gasteiger partial charge in [-0.1, -0.05) is 45.9 Å². The zero-order chi connectivity index (χ0) is 13.8. The molecule has 0 saturated heterocycles. The van der Waals surface area contributed by atoms with Crippen LogP contribution < -0.4 is 10.6 Å². The average Bonchev–Trinajstić information content (AvgIpc) is 2.28. The zero-order valence-electron chi connectivity index (χ0n) is 12.1. The molecule has 18 heavy (non-hydrogen) atoms. The standard InChI is InChI=1S/C15H24N2S/c1-6-12-9-7-8-11(2)13(12)17-14(18)16-10-15(3,4)5/h7-9H,6,10H2,1-5H3,(H2,16,17,18). The summed E-state index contributed by atoms with van der Waals surface area (Å²) in [7, 11) is 0. The van der Waals surface area contributed by atoms with Crippen LogP contribution in [-0.2, 0) is 6.42 Å². The van der Waals surface area contributed by atoms with Crippen molar-refractivity contribution in [2.75, 3.05) is 11.9 Å². The van der Waals surface area contributed by atoms with Crippen molar-refractivity contribution in [3.63, 3.8) is 0 Å². The maximum atomic E-state index is 5.35. The smallest absolute Gasteiger partial charge is 0.170 e. The predicted molar refractivity (Wildman–Crippen MR) is 84.2 cm³/mol. The van der Waals surface area contributed by atoms with Gasteiger partial charge in [-0.25, -0.2) is 0 Å². The Labute approximate surface area is 116 Å². The molecule has 0 unspecified atom stereocenters. The second kappa shape index (κ2) is 6.19. The Morgan fingerprint density at radius 3 is 2.50 bits per heavy atom. The number of hydrogen-bond donors (Lipinski definition) is 2. The maximum absolute atomic E-state index is 5.35. The summed E-state index contributed by atoms with van der Waals surface area (Å²) < 4.78 is 0. The number of para-hydroxylation sites is 1. The largest absolute Gasteiger partial charge is 0.362 e. The molecule has 0 aliphatic heterocycles. The monoisotopic (exact) mass is 264 g/mol. The van der Waals surface area contributed by atoms with E-state index in [0.717, 1.165) is 18.7 Å². The molecule has 0 aliphatic carbocycles. The molecule has 1 aromatic rings. The van der Waals surface area contributed by atoms with Crippen LogP contribution in [-0.4, -0.2) is 11.7 Å². The van der Waals surface area contributed by atoms with E-state index in [-0.39, 0.29) is 5.41 Å². The van der Waals surface area contributed by atoms with Crippen molar-refractivity contribution in [1.82, 2.24) is 5.32 Å². The van der Waals surface area contributed by atoms with Crippen LogP contribution in [0.15, 0.2) is 18.2 Å². The number of anilines is 1. The van der Waals surface area contributed by atoms with E-state index < -0.39 is 0 Å². The molecule has 0 spiro atoms. The number of thiocarbonyl (C=S) groups is 1. The van der Waals surface area contributed by atoms with Gasteiger partial charge in [0.2, 0.25) is 0 Å². The summed E-state index contributed by atoms with van der Waals surface area (Å²) in [5, 5.41) is 7.30. The van der Waals surface area contributed by atoms with Crippen molar-refractivity contribution in [3.8, 4) is 0 Å². The molecule has 0 heterocycles. The van der Waals surface area contributed by atoms with E-state index in [4.69, 9.17) is 12.2 Å². The summed E-state index contributed by atoms with van der Waals surface area (Å²) in [6, 6.07) is 6.33. The molecule has 1 rings (SSSR count). The minimum atomic E-state index is 0.227. The van der Waals surface area contributed by atoms with E-state index in [9.17, 15) is 0 Å². The fourth-order valence-electron chi connectivity index (χ4n) is 1.71. The Bertz CT molecular complexity index is 419. The Hall–Kier alpha value is -1.09. The van der Waals surface area contributed by atoms with E-state index in [0.29, 0.717) is 5.11 Å². The highest BCUT2D eigenvalue weighted by atomic mass is 32.1. The van der Waals surface area contributed by atoms with Gasteiger partial charge >= 0.3 is 0 Å². The number of benzene rings is 1. The molecular weight excluding hydrogens is 240 g/mol. The Morgan fingerprint density at radius 1 is 1.28 bits per heavy atom. The van der Waals surface area contributed by atoms with Gasteiger partial charge in [0.1, 0.15) is 0 Å². The lowest BCUT2D eigenvalue weighted by atomic mass is 9.97. The molecular formula is C15H24N2S. The van der Waals surface area contributed by atoms with Crippen LogP contribution in [0.2, 0.25) is 0 Å². The van der Waals surface area contributed by atoms with Gasteiger partial charge < -0.3 is 10.6 Å². The summed E-state index contributed by atoms with van der Waals surface area (Å²) in [4.78, 5) is 0. The van der Waals surface area contributed by atoms with Gasteiger partial charge in [-0.05, 0) is 42.1 Å². The van der Waals surface area contributed by atoms with Gasteiger partial charge in [-0.2, -0.15) is 0 Å². The van der Waals surface area contributed by atoms with Gasteiger partial charge in [0.05, 0.1) is 0 Å². The molecule has 0 fully saturated rings. The second-order valence-corrected chi connectivity index (χ2v) is 6.24. The van der Waals surface area contributed by atoms with Crippen LogP contribution >= 0.6 is 12.2 Å². The molecule has 0 saturated carbocycles. The lowest BCUT2D eigenvalue weighted by Crippen LogP contribution is -2.35. The molecule has 0 aliphatic rings. The molecule has 100 valence electrons. The Morgan fingerprint density at radius 2 is 1.94 bits per heavy atom. The molecule has 2 N–H and O–H groups in total. The highest BCUT2D eigenvalue weighted by Gasteiger charge is 2.11. The third kappa shape index (κ3) is 4.65. The first kappa shape index (κ1) is 15.0. The first-order valence-electron chi connectivity index (χ1n) is 6.47. The Balaban J connectivity index is 2.70. The maximum Gasteiger partial charge on any atom is 0.170 e. The first-order chi connectivity index (χ1) is 8.33. The third-order valence-corrected chi connectivity index (χ3v) is 3.00. The molecule has 1 aromatic carbocycles. The zero-order valence-corrected chi connectivity index (χ0v) is 12.9. The van der Waals surface area contributed by atoms with Gasteiger partial charge in [-0.15, -0.1) is 0 Å². The van der Waals surface area contributed by atoms with E-state index in [2.05, 4.69) is 63.5 Å². The summed E-state index contributed by atoms with van der Waals surface area (Å²) >= 11 is 5.35. The van der Waals surface area contributed by atoms with Crippen molar-refractivity contribution >= 4 is 23.0 Å². The van der Waals surface area contributed by atoms with E-state index in [1.54, 1.807) is 0 Å². The van der Waals surface area contributed by atoms with Crippen LogP contribution in [0.1, 0.15) is 38.8 Å². The number of aryl methyl sites for hydroxylation is 2. The minimum Gasteiger partial charge on any atom is -0.362 e. The average molecular weight is 264 g/mol. The summed E-state index contributed by atoms with van der Waals surface area (Å²) in [6.07, 6.45) is 1.01. The van der Waals surface area contributed by atoms with Crippen LogP contribution in [0.5, 0.6) is 0 Å². The molecule has 0 amide bonds. The minimum absolute atomic E-state index is 0.227. The van der Waals surface area contributed by atoms with Gasteiger partial charge in [-0.3, -0.25) is 0 Å². The van der Waals surface area contributed by atoms with Crippen molar-refractivity contribution < 1.29 is 0 Å². The normalized spacial score (nSPS) is 11.2. The van der Waals surface area contributed by atoms with Gasteiger partial charge in [0.15, 0.2) is 5.11 Å². The van der Waals surface area contributed by atoms with Crippen molar-refractivity contribution in [2.24, 2.45) is 5.41 Å². The Kier molecular flexibility index (Phi) is 5.15.